The lowest BCUT2D eigenvalue weighted by Gasteiger charge is -2.36. The third-order valence-corrected chi connectivity index (χ3v) is 6.89. The summed E-state index contributed by atoms with van der Waals surface area (Å²) in [5, 5.41) is 3.09. The van der Waals surface area contributed by atoms with Crippen LogP contribution < -0.4 is 10.1 Å². The van der Waals surface area contributed by atoms with Crippen molar-refractivity contribution in [3.63, 3.8) is 0 Å². The molecule has 1 heterocycles. The fourth-order valence-electron chi connectivity index (χ4n) is 4.90. The first-order valence-electron chi connectivity index (χ1n) is 12.9. The Bertz CT molecular complexity index is 1770. The van der Waals surface area contributed by atoms with E-state index < -0.39 is 47.1 Å². The van der Waals surface area contributed by atoms with Crippen LogP contribution in [0, 0.1) is 11.6 Å². The highest BCUT2D eigenvalue weighted by molar-refractivity contribution is 6.45. The topological polar surface area (TPSA) is 71.2 Å². The maximum Gasteiger partial charge on any atom is 0.461 e. The number of ether oxygens (including phenoxy) is 1. The molecule has 0 bridgehead atoms. The first-order chi connectivity index (χ1) is 20.5. The van der Waals surface area contributed by atoms with E-state index in [4.69, 9.17) is 0 Å². The fraction of sp³-hybridized carbons (Fsp3) is 0.125. The van der Waals surface area contributed by atoms with Crippen LogP contribution in [0.4, 0.5) is 26.3 Å². The molecule has 1 unspecified atom stereocenters. The SMILES string of the molecule is O=C(NC(Cc1ccccc1)(c1ccc(F)cc1)c1cc(F)cc(OC(F)(F)C(F)F)c1)C(=O)c1c[nH]c2ccccc12. The van der Waals surface area contributed by atoms with E-state index in [-0.39, 0.29) is 23.1 Å². The Morgan fingerprint density at radius 1 is 0.814 bits per heavy atom. The molecule has 0 spiro atoms. The number of hydrogen-bond donors (Lipinski definition) is 2. The second-order valence-electron chi connectivity index (χ2n) is 9.75. The zero-order valence-corrected chi connectivity index (χ0v) is 22.1. The third kappa shape index (κ3) is 6.11. The summed E-state index contributed by atoms with van der Waals surface area (Å²) < 4.78 is 86.8. The van der Waals surface area contributed by atoms with Crippen LogP contribution in [0.1, 0.15) is 27.0 Å². The number of rotatable bonds is 10. The molecule has 0 aliphatic rings. The van der Waals surface area contributed by atoms with Crippen molar-refractivity contribution >= 4 is 22.6 Å². The van der Waals surface area contributed by atoms with Crippen molar-refractivity contribution in [3.8, 4) is 5.75 Å². The quantitative estimate of drug-likeness (QED) is 0.102. The van der Waals surface area contributed by atoms with Gasteiger partial charge in [-0.05, 0) is 47.0 Å². The van der Waals surface area contributed by atoms with Gasteiger partial charge in [-0.2, -0.15) is 17.6 Å². The van der Waals surface area contributed by atoms with E-state index in [1.165, 1.54) is 18.3 Å². The number of hydrogen-bond acceptors (Lipinski definition) is 3. The average molecular weight is 597 g/mol. The number of halogens is 6. The summed E-state index contributed by atoms with van der Waals surface area (Å²) in [4.78, 5) is 30.1. The van der Waals surface area contributed by atoms with Gasteiger partial charge in [-0.25, -0.2) is 8.78 Å². The Kier molecular flexibility index (Phi) is 7.99. The molecule has 1 atom stereocenters. The average Bonchev–Trinajstić information content (AvgIpc) is 3.41. The van der Waals surface area contributed by atoms with Gasteiger partial charge in [0.25, 0.3) is 11.7 Å². The molecular formula is C32H22F6N2O3. The number of Topliss-reactive ketones (excluding diaryl/α,β-unsaturated/α-hetero) is 1. The molecule has 0 saturated heterocycles. The zero-order chi connectivity index (χ0) is 30.8. The van der Waals surface area contributed by atoms with Crippen molar-refractivity contribution in [1.29, 1.82) is 0 Å². The number of para-hydroxylation sites is 1. The van der Waals surface area contributed by atoms with Crippen LogP contribution in [-0.4, -0.2) is 29.2 Å². The minimum absolute atomic E-state index is 0.0284. The van der Waals surface area contributed by atoms with Gasteiger partial charge in [0.05, 0.1) is 11.1 Å². The second-order valence-corrected chi connectivity index (χ2v) is 9.75. The molecule has 5 aromatic rings. The van der Waals surface area contributed by atoms with Gasteiger partial charge < -0.3 is 15.0 Å². The number of aromatic nitrogens is 1. The van der Waals surface area contributed by atoms with Crippen molar-refractivity contribution in [1.82, 2.24) is 10.3 Å². The van der Waals surface area contributed by atoms with Crippen molar-refractivity contribution < 1.29 is 40.7 Å². The number of H-pyrrole nitrogens is 1. The number of aromatic amines is 1. The van der Waals surface area contributed by atoms with Gasteiger partial charge in [0, 0.05) is 29.6 Å². The van der Waals surface area contributed by atoms with E-state index in [2.05, 4.69) is 15.0 Å². The van der Waals surface area contributed by atoms with Gasteiger partial charge >= 0.3 is 12.5 Å². The van der Waals surface area contributed by atoms with Crippen LogP contribution in [0.5, 0.6) is 5.75 Å². The normalized spacial score (nSPS) is 13.1. The van der Waals surface area contributed by atoms with E-state index >= 15 is 0 Å². The van der Waals surface area contributed by atoms with E-state index in [1.54, 1.807) is 54.6 Å². The van der Waals surface area contributed by atoms with Gasteiger partial charge in [0.2, 0.25) is 0 Å². The van der Waals surface area contributed by atoms with Crippen molar-refractivity contribution in [2.45, 2.75) is 24.5 Å². The summed E-state index contributed by atoms with van der Waals surface area (Å²) >= 11 is 0. The van der Waals surface area contributed by atoms with Crippen LogP contribution in [0.25, 0.3) is 10.9 Å². The summed E-state index contributed by atoms with van der Waals surface area (Å²) in [5.41, 5.74) is -0.858. The molecule has 0 aliphatic carbocycles. The summed E-state index contributed by atoms with van der Waals surface area (Å²) in [5.74, 6) is -4.91. The highest BCUT2D eigenvalue weighted by Crippen LogP contribution is 2.38. The molecule has 5 nitrogen and oxygen atoms in total. The summed E-state index contributed by atoms with van der Waals surface area (Å²) in [6.07, 6.45) is -8.03. The van der Waals surface area contributed by atoms with E-state index in [0.717, 1.165) is 24.3 Å². The van der Waals surface area contributed by atoms with Crippen LogP contribution in [0.2, 0.25) is 0 Å². The highest BCUT2D eigenvalue weighted by atomic mass is 19.3. The highest BCUT2D eigenvalue weighted by Gasteiger charge is 2.45. The summed E-state index contributed by atoms with van der Waals surface area (Å²) in [6, 6.07) is 22.0. The number of amides is 1. The van der Waals surface area contributed by atoms with Gasteiger partial charge in [-0.15, -0.1) is 0 Å². The number of fused-ring (bicyclic) bond motifs is 1. The molecule has 0 radical (unpaired) electrons. The summed E-state index contributed by atoms with van der Waals surface area (Å²) in [6.45, 7) is 0. The number of nitrogens with one attached hydrogen (secondary N) is 2. The van der Waals surface area contributed by atoms with E-state index in [0.29, 0.717) is 22.5 Å². The van der Waals surface area contributed by atoms with E-state index in [9.17, 15) is 35.9 Å². The molecule has 11 heteroatoms. The predicted octanol–water partition coefficient (Wildman–Crippen LogP) is 7.17. The molecule has 220 valence electrons. The maximum atomic E-state index is 15.0. The van der Waals surface area contributed by atoms with Crippen LogP contribution in [-0.2, 0) is 16.8 Å². The molecule has 43 heavy (non-hydrogen) atoms. The Balaban J connectivity index is 1.68. The number of benzene rings is 4. The zero-order valence-electron chi connectivity index (χ0n) is 22.1. The van der Waals surface area contributed by atoms with Gasteiger partial charge in [-0.1, -0.05) is 60.7 Å². The van der Waals surface area contributed by atoms with Gasteiger partial charge in [-0.3, -0.25) is 9.59 Å². The Hall–Kier alpha value is -5.06. The van der Waals surface area contributed by atoms with E-state index in [1.807, 2.05) is 0 Å². The molecule has 5 rings (SSSR count). The molecule has 0 saturated carbocycles. The first-order valence-corrected chi connectivity index (χ1v) is 12.9. The number of carbonyl (C=O) groups is 2. The van der Waals surface area contributed by atoms with Gasteiger partial charge in [0.15, 0.2) is 0 Å². The lowest BCUT2D eigenvalue weighted by Crippen LogP contribution is -2.51. The lowest BCUT2D eigenvalue weighted by molar-refractivity contribution is -0.253. The minimum atomic E-state index is -4.96. The van der Waals surface area contributed by atoms with Crippen molar-refractivity contribution in [3.05, 3.63) is 137 Å². The summed E-state index contributed by atoms with van der Waals surface area (Å²) in [7, 11) is 0. The Morgan fingerprint density at radius 3 is 2.19 bits per heavy atom. The molecule has 1 amide bonds. The van der Waals surface area contributed by atoms with Crippen LogP contribution in [0.3, 0.4) is 0 Å². The molecule has 4 aromatic carbocycles. The first kappa shape index (κ1) is 29.4. The number of carbonyl (C=O) groups excluding carboxylic acids is 2. The second kappa shape index (κ2) is 11.7. The fourth-order valence-corrected chi connectivity index (χ4v) is 4.90. The van der Waals surface area contributed by atoms with Gasteiger partial charge in [0.1, 0.15) is 17.4 Å². The number of ketones is 1. The largest absolute Gasteiger partial charge is 0.461 e. The lowest BCUT2D eigenvalue weighted by atomic mass is 9.77. The molecule has 1 aromatic heterocycles. The maximum absolute atomic E-state index is 15.0. The number of alkyl halides is 4. The van der Waals surface area contributed by atoms with Crippen LogP contribution >= 0.6 is 0 Å². The molecule has 2 N–H and O–H groups in total. The minimum Gasteiger partial charge on any atom is -0.428 e. The van der Waals surface area contributed by atoms with Crippen molar-refractivity contribution in [2.24, 2.45) is 0 Å². The molecular weight excluding hydrogens is 574 g/mol. The third-order valence-electron chi connectivity index (χ3n) is 6.89. The van der Waals surface area contributed by atoms with Crippen molar-refractivity contribution in [2.75, 3.05) is 0 Å². The predicted molar refractivity (Wildman–Crippen MR) is 146 cm³/mol. The molecule has 0 fully saturated rings. The standard InChI is InChI=1S/C32H22F6N2O3/c33-22-12-10-20(11-13-22)31(17-19-6-2-1-3-7-19,21-14-23(34)16-24(15-21)43-32(37,38)30(35)36)40-29(42)28(41)26-18-39-27-9-5-4-8-25(26)27/h1-16,18,30,39H,17H2,(H,40,42). The smallest absolute Gasteiger partial charge is 0.428 e. The van der Waals surface area contributed by atoms with Crippen LogP contribution in [0.15, 0.2) is 103 Å². The molecule has 0 aliphatic heterocycles. The Labute approximate surface area is 241 Å². The Morgan fingerprint density at radius 2 is 1.49 bits per heavy atom. The monoisotopic (exact) mass is 596 g/mol.